The Balaban J connectivity index is 2.18. The lowest BCUT2D eigenvalue weighted by Crippen LogP contribution is -2.05. The minimum Gasteiger partial charge on any atom is -0.497 e. The Bertz CT molecular complexity index is 647. The molecular formula is C15H14F3NO2. The average molecular weight is 297 g/mol. The van der Waals surface area contributed by atoms with Crippen molar-refractivity contribution in [2.75, 3.05) is 19.5 Å². The molecule has 2 aromatic carbocycles. The van der Waals surface area contributed by atoms with E-state index in [1.54, 1.807) is 18.2 Å². The summed E-state index contributed by atoms with van der Waals surface area (Å²) < 4.78 is 49.8. The largest absolute Gasteiger partial charge is 0.497 e. The molecular weight excluding hydrogens is 283 g/mol. The van der Waals surface area contributed by atoms with Crippen molar-refractivity contribution in [1.29, 1.82) is 0 Å². The first-order valence-electron chi connectivity index (χ1n) is 6.14. The first kappa shape index (κ1) is 15.0. The van der Waals surface area contributed by atoms with Gasteiger partial charge in [-0.05, 0) is 18.2 Å². The topological polar surface area (TPSA) is 30.5 Å². The van der Waals surface area contributed by atoms with Gasteiger partial charge < -0.3 is 14.8 Å². The summed E-state index contributed by atoms with van der Waals surface area (Å²) in [5, 5.41) is 2.91. The van der Waals surface area contributed by atoms with Gasteiger partial charge in [-0.15, -0.1) is 0 Å². The van der Waals surface area contributed by atoms with Crippen LogP contribution in [0.15, 0.2) is 30.3 Å². The summed E-state index contributed by atoms with van der Waals surface area (Å²) in [5.74, 6) is -2.00. The van der Waals surface area contributed by atoms with Gasteiger partial charge in [0.1, 0.15) is 17.3 Å². The van der Waals surface area contributed by atoms with Crippen molar-refractivity contribution < 1.29 is 22.6 Å². The van der Waals surface area contributed by atoms with Crippen LogP contribution in [-0.4, -0.2) is 14.2 Å². The zero-order chi connectivity index (χ0) is 15.4. The van der Waals surface area contributed by atoms with E-state index in [2.05, 4.69) is 5.32 Å². The maximum atomic E-state index is 13.5. The number of halogens is 3. The van der Waals surface area contributed by atoms with E-state index in [0.717, 1.165) is 6.07 Å². The lowest BCUT2D eigenvalue weighted by molar-refractivity contribution is 0.395. The quantitative estimate of drug-likeness (QED) is 0.853. The van der Waals surface area contributed by atoms with Crippen molar-refractivity contribution in [1.82, 2.24) is 0 Å². The van der Waals surface area contributed by atoms with Crippen LogP contribution < -0.4 is 14.8 Å². The summed E-state index contributed by atoms with van der Waals surface area (Å²) in [6, 6.07) is 6.40. The molecule has 0 spiro atoms. The van der Waals surface area contributed by atoms with E-state index in [1.807, 2.05) is 0 Å². The van der Waals surface area contributed by atoms with Crippen LogP contribution in [0.2, 0.25) is 0 Å². The van der Waals surface area contributed by atoms with Crippen LogP contribution in [0.5, 0.6) is 11.5 Å². The molecule has 2 aromatic rings. The van der Waals surface area contributed by atoms with E-state index in [9.17, 15) is 13.2 Å². The normalized spacial score (nSPS) is 10.3. The predicted octanol–water partition coefficient (Wildman–Crippen LogP) is 3.73. The fraction of sp³-hybridized carbons (Fsp3) is 0.200. The van der Waals surface area contributed by atoms with E-state index in [1.165, 1.54) is 14.2 Å². The highest BCUT2D eigenvalue weighted by Gasteiger charge is 2.11. The van der Waals surface area contributed by atoms with Gasteiger partial charge in [0.05, 0.1) is 19.9 Å². The van der Waals surface area contributed by atoms with E-state index >= 15 is 0 Å². The second-order valence-corrected chi connectivity index (χ2v) is 4.28. The summed E-state index contributed by atoms with van der Waals surface area (Å²) in [7, 11) is 3.01. The third-order valence-corrected chi connectivity index (χ3v) is 2.97. The molecule has 21 heavy (non-hydrogen) atoms. The molecule has 0 aliphatic rings. The van der Waals surface area contributed by atoms with E-state index < -0.39 is 17.5 Å². The number of methoxy groups -OCH3 is 2. The van der Waals surface area contributed by atoms with Gasteiger partial charge in [0, 0.05) is 24.2 Å². The first-order valence-corrected chi connectivity index (χ1v) is 6.14. The molecule has 0 atom stereocenters. The van der Waals surface area contributed by atoms with Crippen LogP contribution in [0.1, 0.15) is 5.56 Å². The lowest BCUT2D eigenvalue weighted by Gasteiger charge is -2.13. The highest BCUT2D eigenvalue weighted by atomic mass is 19.2. The van der Waals surface area contributed by atoms with Gasteiger partial charge in [0.2, 0.25) is 0 Å². The second kappa shape index (κ2) is 6.39. The monoisotopic (exact) mass is 297 g/mol. The third kappa shape index (κ3) is 3.39. The summed E-state index contributed by atoms with van der Waals surface area (Å²) in [6.45, 7) is -0.00821. The molecule has 1 N–H and O–H groups in total. The van der Waals surface area contributed by atoms with Gasteiger partial charge in [-0.3, -0.25) is 0 Å². The average Bonchev–Trinajstić information content (AvgIpc) is 2.49. The Kier molecular flexibility index (Phi) is 4.57. The molecule has 0 unspecified atom stereocenters. The lowest BCUT2D eigenvalue weighted by atomic mass is 10.2. The molecule has 0 aromatic heterocycles. The number of anilines is 1. The molecule has 0 saturated heterocycles. The minimum absolute atomic E-state index is 0.00821. The fourth-order valence-electron chi connectivity index (χ4n) is 1.83. The summed E-state index contributed by atoms with van der Waals surface area (Å²) in [6.07, 6.45) is 0. The molecule has 112 valence electrons. The predicted molar refractivity (Wildman–Crippen MR) is 73.2 cm³/mol. The van der Waals surface area contributed by atoms with Gasteiger partial charge in [-0.2, -0.15) is 0 Å². The van der Waals surface area contributed by atoms with Gasteiger partial charge in [0.15, 0.2) is 11.6 Å². The number of benzene rings is 2. The zero-order valence-electron chi connectivity index (χ0n) is 11.5. The fourth-order valence-corrected chi connectivity index (χ4v) is 1.83. The van der Waals surface area contributed by atoms with Crippen LogP contribution in [0.4, 0.5) is 18.9 Å². The van der Waals surface area contributed by atoms with Crippen molar-refractivity contribution >= 4 is 5.69 Å². The number of rotatable bonds is 5. The second-order valence-electron chi connectivity index (χ2n) is 4.28. The van der Waals surface area contributed by atoms with Crippen LogP contribution >= 0.6 is 0 Å². The molecule has 0 aliphatic heterocycles. The SMILES string of the molecule is COc1ccc(NCc2cc(F)c(F)cc2F)c(OC)c1. The standard InChI is InChI=1S/C15H14F3NO2/c1-20-10-3-4-14(15(6-10)21-2)19-8-9-5-12(17)13(18)7-11(9)16/h3-7,19H,8H2,1-2H3. The van der Waals surface area contributed by atoms with Crippen molar-refractivity contribution in [3.63, 3.8) is 0 Å². The molecule has 0 fully saturated rings. The van der Waals surface area contributed by atoms with E-state index in [4.69, 9.17) is 9.47 Å². The van der Waals surface area contributed by atoms with Gasteiger partial charge in [-0.25, -0.2) is 13.2 Å². The molecule has 6 heteroatoms. The maximum Gasteiger partial charge on any atom is 0.161 e. The van der Waals surface area contributed by atoms with Crippen LogP contribution in [0, 0.1) is 17.5 Å². The third-order valence-electron chi connectivity index (χ3n) is 2.97. The van der Waals surface area contributed by atoms with Crippen molar-refractivity contribution in [3.8, 4) is 11.5 Å². The Hall–Kier alpha value is -2.37. The molecule has 3 nitrogen and oxygen atoms in total. The molecule has 0 amide bonds. The molecule has 2 rings (SSSR count). The smallest absolute Gasteiger partial charge is 0.161 e. The summed E-state index contributed by atoms with van der Waals surface area (Å²) >= 11 is 0. The van der Waals surface area contributed by atoms with Crippen molar-refractivity contribution in [3.05, 3.63) is 53.3 Å². The van der Waals surface area contributed by atoms with Crippen LogP contribution in [-0.2, 0) is 6.54 Å². The Labute approximate surface area is 120 Å². The van der Waals surface area contributed by atoms with E-state index in [-0.39, 0.29) is 12.1 Å². The zero-order valence-corrected chi connectivity index (χ0v) is 11.5. The molecule has 0 radical (unpaired) electrons. The van der Waals surface area contributed by atoms with Gasteiger partial charge in [0.25, 0.3) is 0 Å². The Morgan fingerprint density at radius 3 is 2.29 bits per heavy atom. The van der Waals surface area contributed by atoms with Crippen LogP contribution in [0.25, 0.3) is 0 Å². The Morgan fingerprint density at radius 1 is 0.905 bits per heavy atom. The van der Waals surface area contributed by atoms with Crippen LogP contribution in [0.3, 0.4) is 0 Å². The number of ether oxygens (including phenoxy) is 2. The Morgan fingerprint density at radius 2 is 1.62 bits per heavy atom. The van der Waals surface area contributed by atoms with Crippen molar-refractivity contribution in [2.24, 2.45) is 0 Å². The number of nitrogens with one attached hydrogen (secondary N) is 1. The van der Waals surface area contributed by atoms with Gasteiger partial charge in [-0.1, -0.05) is 0 Å². The molecule has 0 heterocycles. The van der Waals surface area contributed by atoms with Gasteiger partial charge >= 0.3 is 0 Å². The summed E-state index contributed by atoms with van der Waals surface area (Å²) in [5.41, 5.74) is 0.606. The maximum absolute atomic E-state index is 13.5. The highest BCUT2D eigenvalue weighted by molar-refractivity contribution is 5.59. The van der Waals surface area contributed by atoms with Crippen molar-refractivity contribution in [2.45, 2.75) is 6.54 Å². The number of hydrogen-bond donors (Lipinski definition) is 1. The molecule has 0 bridgehead atoms. The first-order chi connectivity index (χ1) is 10.0. The van der Waals surface area contributed by atoms with E-state index in [0.29, 0.717) is 23.3 Å². The molecule has 0 saturated carbocycles. The summed E-state index contributed by atoms with van der Waals surface area (Å²) in [4.78, 5) is 0. The molecule has 0 aliphatic carbocycles. The number of hydrogen-bond acceptors (Lipinski definition) is 3. The highest BCUT2D eigenvalue weighted by Crippen LogP contribution is 2.29. The minimum atomic E-state index is -1.21.